The summed E-state index contributed by atoms with van der Waals surface area (Å²) >= 11 is 1.46. The summed E-state index contributed by atoms with van der Waals surface area (Å²) in [6, 6.07) is 15.1. The van der Waals surface area contributed by atoms with Gasteiger partial charge in [0.05, 0.1) is 10.6 Å². The number of hydrogen-bond acceptors (Lipinski definition) is 6. The smallest absolute Gasteiger partial charge is 0.207 e. The molecule has 0 N–H and O–H groups in total. The van der Waals surface area contributed by atoms with Gasteiger partial charge in [0.25, 0.3) is 0 Å². The summed E-state index contributed by atoms with van der Waals surface area (Å²) in [4.78, 5) is 0.277. The molecule has 0 aliphatic carbocycles. The number of aromatic nitrogens is 4. The van der Waals surface area contributed by atoms with Gasteiger partial charge in [-0.05, 0) is 51.7 Å². The molecule has 0 saturated heterocycles. The van der Waals surface area contributed by atoms with Gasteiger partial charge in [0.2, 0.25) is 15.2 Å². The normalized spacial score (nSPS) is 12.1. The van der Waals surface area contributed by atoms with E-state index in [9.17, 15) is 8.42 Å². The van der Waals surface area contributed by atoms with E-state index in [1.165, 1.54) is 35.7 Å². The molecule has 28 heavy (non-hydrogen) atoms. The van der Waals surface area contributed by atoms with Crippen LogP contribution in [0.4, 0.5) is 0 Å². The Labute approximate surface area is 169 Å². The number of thioether (sulfide) groups is 1. The van der Waals surface area contributed by atoms with Gasteiger partial charge in [0.15, 0.2) is 0 Å². The predicted octanol–water partition coefficient (Wildman–Crippen LogP) is 3.33. The molecule has 7 nitrogen and oxygen atoms in total. The highest BCUT2D eigenvalue weighted by Gasteiger charge is 2.17. The Bertz CT molecular complexity index is 1040. The van der Waals surface area contributed by atoms with Crippen molar-refractivity contribution in [3.8, 4) is 5.69 Å². The first-order valence-corrected chi connectivity index (χ1v) is 11.2. The van der Waals surface area contributed by atoms with E-state index in [0.717, 1.165) is 11.3 Å². The van der Waals surface area contributed by atoms with Gasteiger partial charge in [0.1, 0.15) is 0 Å². The van der Waals surface area contributed by atoms with Crippen LogP contribution in [0.3, 0.4) is 0 Å². The van der Waals surface area contributed by atoms with Crippen molar-refractivity contribution in [2.24, 2.45) is 0 Å². The summed E-state index contributed by atoms with van der Waals surface area (Å²) < 4.78 is 27.5. The molecular formula is C19H23N5O2S2. The molecule has 3 rings (SSSR count). The van der Waals surface area contributed by atoms with Crippen LogP contribution in [0.1, 0.15) is 30.9 Å². The van der Waals surface area contributed by atoms with Crippen LogP contribution in [-0.2, 0) is 15.8 Å². The Morgan fingerprint density at radius 2 is 1.82 bits per heavy atom. The Balaban J connectivity index is 1.77. The number of tetrazole rings is 1. The zero-order valence-corrected chi connectivity index (χ0v) is 17.9. The largest absolute Gasteiger partial charge is 0.242 e. The van der Waals surface area contributed by atoms with Gasteiger partial charge in [-0.2, -0.15) is 4.68 Å². The van der Waals surface area contributed by atoms with Gasteiger partial charge in [-0.3, -0.25) is 0 Å². The van der Waals surface area contributed by atoms with E-state index in [1.54, 1.807) is 22.9 Å². The quantitative estimate of drug-likeness (QED) is 0.549. The molecule has 0 amide bonds. The highest BCUT2D eigenvalue weighted by atomic mass is 32.2. The van der Waals surface area contributed by atoms with E-state index in [2.05, 4.69) is 41.5 Å². The van der Waals surface area contributed by atoms with Crippen molar-refractivity contribution in [3.63, 3.8) is 0 Å². The lowest BCUT2D eigenvalue weighted by Crippen LogP contribution is -2.22. The van der Waals surface area contributed by atoms with E-state index in [0.29, 0.717) is 16.8 Å². The second kappa shape index (κ2) is 8.42. The molecule has 1 aromatic heterocycles. The lowest BCUT2D eigenvalue weighted by molar-refractivity contribution is 0.520. The molecule has 0 radical (unpaired) electrons. The summed E-state index contributed by atoms with van der Waals surface area (Å²) in [5.41, 5.74) is 3.03. The number of rotatable bonds is 7. The third kappa shape index (κ3) is 4.43. The zero-order chi connectivity index (χ0) is 20.3. The van der Waals surface area contributed by atoms with Crippen LogP contribution in [0, 0.1) is 0 Å². The first-order chi connectivity index (χ1) is 13.3. The molecule has 0 spiro atoms. The fourth-order valence-corrected chi connectivity index (χ4v) is 4.39. The van der Waals surface area contributed by atoms with Crippen molar-refractivity contribution in [1.82, 2.24) is 24.5 Å². The number of hydrogen-bond donors (Lipinski definition) is 0. The van der Waals surface area contributed by atoms with E-state index in [-0.39, 0.29) is 4.90 Å². The second-order valence-corrected chi connectivity index (χ2v) is 9.94. The van der Waals surface area contributed by atoms with E-state index < -0.39 is 10.0 Å². The minimum atomic E-state index is -3.46. The molecule has 1 heterocycles. The van der Waals surface area contributed by atoms with Crippen LogP contribution in [0.15, 0.2) is 58.6 Å². The molecule has 3 aromatic rings. The Morgan fingerprint density at radius 3 is 2.46 bits per heavy atom. The van der Waals surface area contributed by atoms with Crippen molar-refractivity contribution >= 4 is 21.8 Å². The molecular weight excluding hydrogens is 394 g/mol. The van der Waals surface area contributed by atoms with Gasteiger partial charge in [0, 0.05) is 19.8 Å². The first kappa shape index (κ1) is 20.5. The van der Waals surface area contributed by atoms with Crippen LogP contribution in [0.2, 0.25) is 0 Å². The number of nitrogens with zero attached hydrogens (tertiary/aromatic N) is 5. The molecule has 9 heteroatoms. The molecule has 0 aliphatic rings. The standard InChI is InChI=1S/C19H23N5O2S2/c1-14(2)16-8-10-17(11-9-16)24-19(20-21-22-24)27-13-15-6-5-7-18(12-15)28(25,26)23(3)4/h5-12,14H,13H2,1-4H3. The van der Waals surface area contributed by atoms with Crippen molar-refractivity contribution in [2.45, 2.75) is 35.6 Å². The average molecular weight is 418 g/mol. The Hall–Kier alpha value is -2.23. The molecule has 0 fully saturated rings. The maximum absolute atomic E-state index is 12.3. The maximum atomic E-state index is 12.3. The van der Waals surface area contributed by atoms with Crippen molar-refractivity contribution < 1.29 is 8.42 Å². The predicted molar refractivity (Wildman–Crippen MR) is 110 cm³/mol. The first-order valence-electron chi connectivity index (χ1n) is 8.82. The molecule has 2 aromatic carbocycles. The van der Waals surface area contributed by atoms with E-state index in [1.807, 2.05) is 18.2 Å². The van der Waals surface area contributed by atoms with E-state index >= 15 is 0 Å². The fraction of sp³-hybridized carbons (Fsp3) is 0.316. The second-order valence-electron chi connectivity index (χ2n) is 6.84. The molecule has 0 bridgehead atoms. The van der Waals surface area contributed by atoms with Gasteiger partial charge in [-0.25, -0.2) is 12.7 Å². The summed E-state index contributed by atoms with van der Waals surface area (Å²) in [5.74, 6) is 1.02. The Morgan fingerprint density at radius 1 is 1.11 bits per heavy atom. The Kier molecular flexibility index (Phi) is 6.17. The van der Waals surface area contributed by atoms with Crippen LogP contribution in [-0.4, -0.2) is 47.0 Å². The van der Waals surface area contributed by atoms with Crippen LogP contribution >= 0.6 is 11.8 Å². The lowest BCUT2D eigenvalue weighted by atomic mass is 10.0. The van der Waals surface area contributed by atoms with E-state index in [4.69, 9.17) is 0 Å². The molecule has 0 atom stereocenters. The van der Waals surface area contributed by atoms with Crippen LogP contribution < -0.4 is 0 Å². The minimum Gasteiger partial charge on any atom is -0.207 e. The molecule has 0 saturated carbocycles. The average Bonchev–Trinajstić information content (AvgIpc) is 3.15. The van der Waals surface area contributed by atoms with Crippen molar-refractivity contribution in [3.05, 3.63) is 59.7 Å². The number of sulfonamides is 1. The van der Waals surface area contributed by atoms with Crippen LogP contribution in [0.5, 0.6) is 0 Å². The lowest BCUT2D eigenvalue weighted by Gasteiger charge is -2.12. The maximum Gasteiger partial charge on any atom is 0.242 e. The molecule has 0 unspecified atom stereocenters. The van der Waals surface area contributed by atoms with Crippen molar-refractivity contribution in [1.29, 1.82) is 0 Å². The summed E-state index contributed by atoms with van der Waals surface area (Å²) in [5, 5.41) is 12.6. The number of benzene rings is 2. The third-order valence-corrected chi connectivity index (χ3v) is 7.09. The van der Waals surface area contributed by atoms with Gasteiger partial charge in [-0.1, -0.05) is 49.9 Å². The minimum absolute atomic E-state index is 0.277. The van der Waals surface area contributed by atoms with Gasteiger partial charge in [-0.15, -0.1) is 5.10 Å². The fourth-order valence-electron chi connectivity index (χ4n) is 2.59. The molecule has 0 aliphatic heterocycles. The third-order valence-electron chi connectivity index (χ3n) is 4.29. The molecule has 148 valence electrons. The highest BCUT2D eigenvalue weighted by molar-refractivity contribution is 7.98. The van der Waals surface area contributed by atoms with Crippen molar-refractivity contribution in [2.75, 3.05) is 14.1 Å². The van der Waals surface area contributed by atoms with Crippen LogP contribution in [0.25, 0.3) is 5.69 Å². The van der Waals surface area contributed by atoms with Gasteiger partial charge < -0.3 is 0 Å². The summed E-state index contributed by atoms with van der Waals surface area (Å²) in [6.07, 6.45) is 0. The highest BCUT2D eigenvalue weighted by Crippen LogP contribution is 2.25. The summed E-state index contributed by atoms with van der Waals surface area (Å²) in [7, 11) is -0.409. The van der Waals surface area contributed by atoms with Gasteiger partial charge >= 0.3 is 0 Å². The topological polar surface area (TPSA) is 81.0 Å². The summed E-state index contributed by atoms with van der Waals surface area (Å²) in [6.45, 7) is 4.30. The monoisotopic (exact) mass is 417 g/mol. The zero-order valence-electron chi connectivity index (χ0n) is 16.3. The SMILES string of the molecule is CC(C)c1ccc(-n2nnnc2SCc2cccc(S(=O)(=O)N(C)C)c2)cc1.